The van der Waals surface area contributed by atoms with E-state index in [0.717, 1.165) is 11.0 Å². The molecule has 0 saturated carbocycles. The summed E-state index contributed by atoms with van der Waals surface area (Å²) in [6.45, 7) is 0.00763. The number of carboxylic acid groups (broad SMARTS) is 1. The molecule has 2 aromatic rings. The van der Waals surface area contributed by atoms with E-state index < -0.39 is 24.3 Å². The molecular weight excluding hydrogens is 446 g/mol. The molecule has 8 nitrogen and oxygen atoms in total. The van der Waals surface area contributed by atoms with Crippen LogP contribution in [0.4, 0.5) is 10.5 Å². The molecule has 0 heterocycles. The zero-order valence-electron chi connectivity index (χ0n) is 18.6. The number of ether oxygens (including phenoxy) is 3. The standard InChI is InChI=1S/C24H29NO7S/c1-30-21(8-3-4-9-22(27)28)23(17-6-5-7-19(16-17)31-15-14-26)32-24(29)25-18-10-12-20(33-2)13-11-18/h4-7,9-13,16,21,23,26H,3,8,14-15H2,1-2H3,(H,25,29)(H,27,28)/b9-4+/t21-,23-/m1/s1. The van der Waals surface area contributed by atoms with Crippen LogP contribution in [0.15, 0.2) is 65.6 Å². The van der Waals surface area contributed by atoms with Gasteiger partial charge in [-0.3, -0.25) is 5.32 Å². The topological polar surface area (TPSA) is 114 Å². The van der Waals surface area contributed by atoms with Crippen molar-refractivity contribution >= 4 is 29.5 Å². The molecule has 178 valence electrons. The highest BCUT2D eigenvalue weighted by Gasteiger charge is 2.27. The first-order chi connectivity index (χ1) is 16.0. The Kier molecular flexibility index (Phi) is 11.3. The predicted octanol–water partition coefficient (Wildman–Crippen LogP) is 4.51. The maximum absolute atomic E-state index is 12.7. The number of anilines is 1. The first kappa shape index (κ1) is 26.2. The molecule has 2 aromatic carbocycles. The number of rotatable bonds is 13. The summed E-state index contributed by atoms with van der Waals surface area (Å²) in [6.07, 6.45) is 3.43. The number of benzene rings is 2. The molecule has 0 aliphatic heterocycles. The van der Waals surface area contributed by atoms with Gasteiger partial charge in [0.1, 0.15) is 12.4 Å². The van der Waals surface area contributed by atoms with Crippen molar-refractivity contribution in [2.45, 2.75) is 29.9 Å². The normalized spacial score (nSPS) is 12.8. The van der Waals surface area contributed by atoms with Crippen LogP contribution in [0.1, 0.15) is 24.5 Å². The van der Waals surface area contributed by atoms with E-state index in [9.17, 15) is 9.59 Å². The van der Waals surface area contributed by atoms with Gasteiger partial charge in [-0.15, -0.1) is 11.8 Å². The molecule has 0 aliphatic rings. The van der Waals surface area contributed by atoms with E-state index in [1.54, 1.807) is 48.2 Å². The number of carboxylic acids is 1. The summed E-state index contributed by atoms with van der Waals surface area (Å²) in [5.74, 6) is -0.513. The van der Waals surface area contributed by atoms with Gasteiger partial charge in [-0.25, -0.2) is 9.59 Å². The number of hydrogen-bond acceptors (Lipinski definition) is 7. The van der Waals surface area contributed by atoms with Crippen molar-refractivity contribution < 1.29 is 34.0 Å². The van der Waals surface area contributed by atoms with Crippen molar-refractivity contribution in [3.8, 4) is 5.75 Å². The number of nitrogens with one attached hydrogen (secondary N) is 1. The first-order valence-electron chi connectivity index (χ1n) is 10.3. The average molecular weight is 476 g/mol. The fourth-order valence-corrected chi connectivity index (χ4v) is 3.49. The van der Waals surface area contributed by atoms with Gasteiger partial charge in [-0.05, 0) is 61.1 Å². The van der Waals surface area contributed by atoms with Gasteiger partial charge < -0.3 is 24.4 Å². The molecule has 3 N–H and O–H groups in total. The van der Waals surface area contributed by atoms with Gasteiger partial charge >= 0.3 is 12.1 Å². The number of carbonyl (C=O) groups excluding carboxylic acids is 1. The molecule has 0 aliphatic carbocycles. The molecule has 9 heteroatoms. The van der Waals surface area contributed by atoms with Crippen LogP contribution in [-0.4, -0.2) is 55.0 Å². The number of aliphatic carboxylic acids is 1. The second-order valence-electron chi connectivity index (χ2n) is 6.92. The largest absolute Gasteiger partial charge is 0.491 e. The van der Waals surface area contributed by atoms with Crippen molar-refractivity contribution in [2.75, 3.05) is 31.9 Å². The molecule has 2 atom stereocenters. The lowest BCUT2D eigenvalue weighted by atomic mass is 10.00. The second kappa shape index (κ2) is 14.2. The lowest BCUT2D eigenvalue weighted by molar-refractivity contribution is -0.131. The van der Waals surface area contributed by atoms with Gasteiger partial charge in [0.25, 0.3) is 0 Å². The van der Waals surface area contributed by atoms with Gasteiger partial charge in [0, 0.05) is 23.8 Å². The Morgan fingerprint density at radius 2 is 1.94 bits per heavy atom. The molecule has 33 heavy (non-hydrogen) atoms. The third-order valence-corrected chi connectivity index (χ3v) is 5.38. The van der Waals surface area contributed by atoms with Gasteiger partial charge in [-0.1, -0.05) is 18.2 Å². The van der Waals surface area contributed by atoms with Crippen LogP contribution in [0.5, 0.6) is 5.75 Å². The maximum atomic E-state index is 12.7. The van der Waals surface area contributed by atoms with E-state index >= 15 is 0 Å². The van der Waals surface area contributed by atoms with E-state index in [0.29, 0.717) is 29.8 Å². The summed E-state index contributed by atoms with van der Waals surface area (Å²) < 4.78 is 16.8. The number of allylic oxidation sites excluding steroid dienone is 1. The van der Waals surface area contributed by atoms with Crippen LogP contribution in [-0.2, 0) is 14.3 Å². The third kappa shape index (κ3) is 9.17. The fourth-order valence-electron chi connectivity index (χ4n) is 3.08. The van der Waals surface area contributed by atoms with Crippen LogP contribution in [0.3, 0.4) is 0 Å². The summed E-state index contributed by atoms with van der Waals surface area (Å²) in [7, 11) is 1.51. The SMILES string of the molecule is CO[C@H](CC/C=C/C(=O)O)[C@H](OC(=O)Nc1ccc(SC)cc1)c1cccc(OCCO)c1. The Morgan fingerprint density at radius 3 is 2.58 bits per heavy atom. The monoisotopic (exact) mass is 475 g/mol. The second-order valence-corrected chi connectivity index (χ2v) is 7.80. The minimum Gasteiger partial charge on any atom is -0.491 e. The van der Waals surface area contributed by atoms with Crippen molar-refractivity contribution in [3.63, 3.8) is 0 Å². The number of hydrogen-bond donors (Lipinski definition) is 3. The maximum Gasteiger partial charge on any atom is 0.412 e. The molecule has 0 saturated heterocycles. The Labute approximate surface area is 197 Å². The van der Waals surface area contributed by atoms with Gasteiger partial charge in [0.2, 0.25) is 0 Å². The van der Waals surface area contributed by atoms with Crippen molar-refractivity contribution in [2.24, 2.45) is 0 Å². The Bertz CT molecular complexity index is 917. The Morgan fingerprint density at radius 1 is 1.18 bits per heavy atom. The fraction of sp³-hybridized carbons (Fsp3) is 0.333. The minimum atomic E-state index is -1.03. The Balaban J connectivity index is 2.20. The predicted molar refractivity (Wildman–Crippen MR) is 127 cm³/mol. The zero-order valence-corrected chi connectivity index (χ0v) is 19.4. The Hall–Kier alpha value is -3.01. The van der Waals surface area contributed by atoms with Crippen molar-refractivity contribution in [1.29, 1.82) is 0 Å². The van der Waals surface area contributed by atoms with Crippen LogP contribution >= 0.6 is 11.8 Å². The zero-order chi connectivity index (χ0) is 24.1. The number of aliphatic hydroxyl groups is 1. The quantitative estimate of drug-likeness (QED) is 0.286. The highest BCUT2D eigenvalue weighted by Crippen LogP contribution is 2.30. The summed E-state index contributed by atoms with van der Waals surface area (Å²) in [5.41, 5.74) is 1.24. The molecule has 0 bridgehead atoms. The first-order valence-corrected chi connectivity index (χ1v) is 11.6. The lowest BCUT2D eigenvalue weighted by Gasteiger charge is -2.26. The molecule has 0 radical (unpaired) electrons. The third-order valence-electron chi connectivity index (χ3n) is 4.64. The number of thioether (sulfide) groups is 1. The number of aliphatic hydroxyl groups excluding tert-OH is 1. The van der Waals surface area contributed by atoms with E-state index in [1.807, 2.05) is 18.4 Å². The van der Waals surface area contributed by atoms with E-state index in [4.69, 9.17) is 24.4 Å². The minimum absolute atomic E-state index is 0.126. The van der Waals surface area contributed by atoms with E-state index in [1.165, 1.54) is 13.2 Å². The number of carbonyl (C=O) groups is 2. The smallest absolute Gasteiger partial charge is 0.412 e. The molecule has 1 amide bonds. The van der Waals surface area contributed by atoms with Crippen LogP contribution in [0, 0.1) is 0 Å². The molecule has 0 fully saturated rings. The van der Waals surface area contributed by atoms with E-state index in [-0.39, 0.29) is 13.2 Å². The molecule has 0 spiro atoms. The molecule has 0 unspecified atom stereocenters. The number of amides is 1. The number of methoxy groups -OCH3 is 1. The van der Waals surface area contributed by atoms with Crippen molar-refractivity contribution in [3.05, 3.63) is 66.2 Å². The molecule has 2 rings (SSSR count). The average Bonchev–Trinajstić information content (AvgIpc) is 2.82. The van der Waals surface area contributed by atoms with Crippen LogP contribution in [0.2, 0.25) is 0 Å². The summed E-state index contributed by atoms with van der Waals surface area (Å²) in [4.78, 5) is 24.5. The summed E-state index contributed by atoms with van der Waals surface area (Å²) in [6, 6.07) is 14.4. The van der Waals surface area contributed by atoms with Crippen LogP contribution in [0.25, 0.3) is 0 Å². The van der Waals surface area contributed by atoms with Gasteiger partial charge in [-0.2, -0.15) is 0 Å². The van der Waals surface area contributed by atoms with Gasteiger partial charge in [0.15, 0.2) is 6.10 Å². The van der Waals surface area contributed by atoms with Crippen LogP contribution < -0.4 is 10.1 Å². The lowest BCUT2D eigenvalue weighted by Crippen LogP contribution is -2.28. The van der Waals surface area contributed by atoms with E-state index in [2.05, 4.69) is 5.32 Å². The highest BCUT2D eigenvalue weighted by atomic mass is 32.2. The highest BCUT2D eigenvalue weighted by molar-refractivity contribution is 7.98. The molecule has 0 aromatic heterocycles. The molecular formula is C24H29NO7S. The van der Waals surface area contributed by atoms with Crippen molar-refractivity contribution in [1.82, 2.24) is 0 Å². The summed E-state index contributed by atoms with van der Waals surface area (Å²) in [5, 5.41) is 20.5. The van der Waals surface area contributed by atoms with Gasteiger partial charge in [0.05, 0.1) is 12.7 Å². The summed E-state index contributed by atoms with van der Waals surface area (Å²) >= 11 is 1.60.